The highest BCUT2D eigenvalue weighted by Gasteiger charge is 2.06. The molecule has 0 aliphatic carbocycles. The summed E-state index contributed by atoms with van der Waals surface area (Å²) in [5, 5.41) is 2.39. The van der Waals surface area contributed by atoms with Crippen molar-refractivity contribution in [2.24, 2.45) is 0 Å². The van der Waals surface area contributed by atoms with E-state index in [1.807, 2.05) is 0 Å². The summed E-state index contributed by atoms with van der Waals surface area (Å²) in [7, 11) is 0. The van der Waals surface area contributed by atoms with Gasteiger partial charge in [-0.2, -0.15) is 0 Å². The molecule has 126 valence electrons. The van der Waals surface area contributed by atoms with Crippen LogP contribution in [0.5, 0.6) is 0 Å². The molecule has 0 amide bonds. The Bertz CT molecular complexity index is 739. The molecule has 2 heterocycles. The van der Waals surface area contributed by atoms with Gasteiger partial charge in [0.05, 0.1) is 11.0 Å². The molecule has 2 aromatic heterocycles. The van der Waals surface area contributed by atoms with Crippen molar-refractivity contribution >= 4 is 21.8 Å². The van der Waals surface area contributed by atoms with Crippen LogP contribution >= 0.6 is 0 Å². The Labute approximate surface area is 145 Å². The summed E-state index contributed by atoms with van der Waals surface area (Å²) in [5.74, 6) is 0. The molecule has 0 radical (unpaired) electrons. The van der Waals surface area contributed by atoms with E-state index in [2.05, 4.69) is 50.2 Å². The lowest BCUT2D eigenvalue weighted by molar-refractivity contribution is 0.708. The minimum Gasteiger partial charge on any atom is -0.251 e. The Morgan fingerprint density at radius 1 is 0.583 bits per heavy atom. The Kier molecular flexibility index (Phi) is 5.79. The Morgan fingerprint density at radius 3 is 1.42 bits per heavy atom. The smallest absolute Gasteiger partial charge is 0.0967 e. The highest BCUT2D eigenvalue weighted by molar-refractivity contribution is 6.02. The van der Waals surface area contributed by atoms with Crippen molar-refractivity contribution in [1.82, 2.24) is 9.97 Å². The summed E-state index contributed by atoms with van der Waals surface area (Å²) >= 11 is 0. The average Bonchev–Trinajstić information content (AvgIpc) is 2.62. The first kappa shape index (κ1) is 16.9. The number of nitrogens with zero attached hydrogens (tertiary/aromatic N) is 2. The zero-order chi connectivity index (χ0) is 16.8. The zero-order valence-electron chi connectivity index (χ0n) is 15.0. The van der Waals surface area contributed by atoms with Crippen LogP contribution in [0.15, 0.2) is 36.4 Å². The minimum absolute atomic E-state index is 1.07. The van der Waals surface area contributed by atoms with Crippen molar-refractivity contribution in [3.8, 4) is 0 Å². The van der Waals surface area contributed by atoms with E-state index in [4.69, 9.17) is 9.97 Å². The van der Waals surface area contributed by atoms with Crippen LogP contribution < -0.4 is 0 Å². The minimum atomic E-state index is 1.07. The Morgan fingerprint density at radius 2 is 1.00 bits per heavy atom. The predicted molar refractivity (Wildman–Crippen MR) is 104 cm³/mol. The lowest BCUT2D eigenvalue weighted by Crippen LogP contribution is -1.95. The van der Waals surface area contributed by atoms with Gasteiger partial charge in [-0.3, -0.25) is 9.97 Å². The van der Waals surface area contributed by atoms with Gasteiger partial charge >= 0.3 is 0 Å². The number of hydrogen-bond donors (Lipinski definition) is 0. The molecule has 0 saturated heterocycles. The van der Waals surface area contributed by atoms with E-state index in [0.29, 0.717) is 0 Å². The van der Waals surface area contributed by atoms with Crippen LogP contribution in [0, 0.1) is 0 Å². The Hall–Kier alpha value is -1.96. The third kappa shape index (κ3) is 3.92. The second-order valence-electron chi connectivity index (χ2n) is 6.73. The Balaban J connectivity index is 1.95. The molecule has 0 bridgehead atoms. The summed E-state index contributed by atoms with van der Waals surface area (Å²) in [5.41, 5.74) is 4.53. The van der Waals surface area contributed by atoms with E-state index >= 15 is 0 Å². The van der Waals surface area contributed by atoms with Gasteiger partial charge in [0.25, 0.3) is 0 Å². The van der Waals surface area contributed by atoms with Crippen LogP contribution in [0.4, 0.5) is 0 Å². The fourth-order valence-electron chi connectivity index (χ4n) is 3.24. The average molecular weight is 320 g/mol. The molecular weight excluding hydrogens is 292 g/mol. The van der Waals surface area contributed by atoms with Crippen LogP contribution in [0.25, 0.3) is 21.8 Å². The van der Waals surface area contributed by atoms with Crippen molar-refractivity contribution in [2.75, 3.05) is 0 Å². The van der Waals surface area contributed by atoms with Gasteiger partial charge in [-0.05, 0) is 37.8 Å². The molecule has 0 aliphatic heterocycles. The molecule has 24 heavy (non-hydrogen) atoms. The van der Waals surface area contributed by atoms with Gasteiger partial charge in [0, 0.05) is 22.2 Å². The van der Waals surface area contributed by atoms with Crippen molar-refractivity contribution < 1.29 is 0 Å². The second-order valence-corrected chi connectivity index (χ2v) is 6.73. The lowest BCUT2D eigenvalue weighted by atomic mass is 10.1. The SMILES string of the molecule is CCCCCc1ccc2ccc3ccc(CCCCC)nc3c2n1. The quantitative estimate of drug-likeness (QED) is 0.362. The molecule has 0 spiro atoms. The first-order valence-electron chi connectivity index (χ1n) is 9.50. The maximum atomic E-state index is 4.95. The van der Waals surface area contributed by atoms with Gasteiger partial charge in [-0.15, -0.1) is 0 Å². The van der Waals surface area contributed by atoms with Crippen molar-refractivity contribution in [2.45, 2.75) is 65.2 Å². The summed E-state index contributed by atoms with van der Waals surface area (Å²) in [6.07, 6.45) is 9.61. The molecular formula is C22H28N2. The molecule has 2 nitrogen and oxygen atoms in total. The molecule has 2 heteroatoms. The summed E-state index contributed by atoms with van der Waals surface area (Å²) in [6.45, 7) is 4.48. The summed E-state index contributed by atoms with van der Waals surface area (Å²) < 4.78 is 0. The molecule has 1 aromatic carbocycles. The molecule has 3 aromatic rings. The van der Waals surface area contributed by atoms with Crippen molar-refractivity contribution in [3.63, 3.8) is 0 Å². The highest BCUT2D eigenvalue weighted by Crippen LogP contribution is 2.24. The van der Waals surface area contributed by atoms with Crippen LogP contribution in [-0.2, 0) is 12.8 Å². The summed E-state index contributed by atoms with van der Waals surface area (Å²) in [6, 6.07) is 13.1. The van der Waals surface area contributed by atoms with Crippen molar-refractivity contribution in [1.29, 1.82) is 0 Å². The van der Waals surface area contributed by atoms with E-state index in [0.717, 1.165) is 23.9 Å². The maximum absolute atomic E-state index is 4.95. The van der Waals surface area contributed by atoms with Gasteiger partial charge in [0.1, 0.15) is 0 Å². The third-order valence-electron chi connectivity index (χ3n) is 4.71. The molecule has 0 aliphatic rings. The van der Waals surface area contributed by atoms with E-state index in [1.54, 1.807) is 0 Å². The fraction of sp³-hybridized carbons (Fsp3) is 0.455. The number of aromatic nitrogens is 2. The van der Waals surface area contributed by atoms with Gasteiger partial charge < -0.3 is 0 Å². The molecule has 3 rings (SSSR count). The van der Waals surface area contributed by atoms with Crippen LogP contribution in [0.2, 0.25) is 0 Å². The predicted octanol–water partition coefficient (Wildman–Crippen LogP) is 6.25. The number of pyridine rings is 2. The normalized spacial score (nSPS) is 11.4. The van der Waals surface area contributed by atoms with Crippen LogP contribution in [-0.4, -0.2) is 9.97 Å². The highest BCUT2D eigenvalue weighted by atomic mass is 14.8. The fourth-order valence-corrected chi connectivity index (χ4v) is 3.24. The van der Waals surface area contributed by atoms with E-state index in [1.165, 1.54) is 60.7 Å². The molecule has 0 fully saturated rings. The number of hydrogen-bond acceptors (Lipinski definition) is 2. The standard InChI is InChI=1S/C22H28N2/c1-3-5-7-9-19-15-13-17-11-12-18-14-16-20(10-8-6-4-2)24-22(18)21(17)23-19/h11-16H,3-10H2,1-2H3. The molecule has 0 N–H and O–H groups in total. The third-order valence-corrected chi connectivity index (χ3v) is 4.71. The van der Waals surface area contributed by atoms with Gasteiger partial charge in [0.2, 0.25) is 0 Å². The lowest BCUT2D eigenvalue weighted by Gasteiger charge is -2.07. The van der Waals surface area contributed by atoms with Gasteiger partial charge in [-0.25, -0.2) is 0 Å². The zero-order valence-corrected chi connectivity index (χ0v) is 15.0. The topological polar surface area (TPSA) is 25.8 Å². The first-order chi connectivity index (χ1) is 11.8. The number of rotatable bonds is 8. The first-order valence-corrected chi connectivity index (χ1v) is 9.50. The van der Waals surface area contributed by atoms with Crippen LogP contribution in [0.1, 0.15) is 63.8 Å². The monoisotopic (exact) mass is 320 g/mol. The number of unbranched alkanes of at least 4 members (excludes halogenated alkanes) is 4. The summed E-state index contributed by atoms with van der Waals surface area (Å²) in [4.78, 5) is 9.90. The van der Waals surface area contributed by atoms with E-state index in [-0.39, 0.29) is 0 Å². The molecule has 0 atom stereocenters. The van der Waals surface area contributed by atoms with E-state index in [9.17, 15) is 0 Å². The number of aryl methyl sites for hydroxylation is 2. The molecule has 0 unspecified atom stereocenters. The van der Waals surface area contributed by atoms with Crippen molar-refractivity contribution in [3.05, 3.63) is 47.8 Å². The van der Waals surface area contributed by atoms with Gasteiger partial charge in [-0.1, -0.05) is 63.8 Å². The number of fused-ring (bicyclic) bond motifs is 3. The maximum Gasteiger partial charge on any atom is 0.0967 e. The second kappa shape index (κ2) is 8.23. The molecule has 0 saturated carbocycles. The van der Waals surface area contributed by atoms with Gasteiger partial charge in [0.15, 0.2) is 0 Å². The largest absolute Gasteiger partial charge is 0.251 e. The number of benzene rings is 1. The van der Waals surface area contributed by atoms with E-state index < -0.39 is 0 Å². The van der Waals surface area contributed by atoms with Crippen LogP contribution in [0.3, 0.4) is 0 Å².